The number of aliphatic hydroxyl groups is 1. The lowest BCUT2D eigenvalue weighted by Gasteiger charge is -2.47. The smallest absolute Gasteiger partial charge is 0.342 e. The second kappa shape index (κ2) is 8.62. The van der Waals surface area contributed by atoms with Gasteiger partial charge in [0.2, 0.25) is 0 Å². The molecule has 0 saturated carbocycles. The molecule has 0 fully saturated rings. The van der Waals surface area contributed by atoms with Gasteiger partial charge in [-0.05, 0) is 26.8 Å². The Balaban J connectivity index is 1.52. The molecule has 3 heterocycles. The van der Waals surface area contributed by atoms with Crippen molar-refractivity contribution in [2.75, 3.05) is 7.11 Å². The highest BCUT2D eigenvalue weighted by atomic mass is 16.6. The molecule has 1 aromatic heterocycles. The number of rotatable bonds is 3. The van der Waals surface area contributed by atoms with E-state index in [1.165, 1.54) is 7.11 Å². The summed E-state index contributed by atoms with van der Waals surface area (Å²) in [4.78, 5) is 26.1. The number of furan rings is 1. The highest BCUT2D eigenvalue weighted by molar-refractivity contribution is 6.18. The van der Waals surface area contributed by atoms with Gasteiger partial charge in [0.15, 0.2) is 5.60 Å². The van der Waals surface area contributed by atoms with Crippen molar-refractivity contribution < 1.29 is 43.5 Å². The maximum atomic E-state index is 13.2. The quantitative estimate of drug-likeness (QED) is 0.223. The fourth-order valence-electron chi connectivity index (χ4n) is 6.67. The molecule has 5 aromatic rings. The van der Waals surface area contributed by atoms with Crippen LogP contribution in [0.3, 0.4) is 0 Å². The Morgan fingerprint density at radius 3 is 2.24 bits per heavy atom. The summed E-state index contributed by atoms with van der Waals surface area (Å²) < 4.78 is 24.0. The summed E-state index contributed by atoms with van der Waals surface area (Å²) in [6.07, 6.45) is -0.760. The zero-order valence-corrected chi connectivity index (χ0v) is 23.3. The van der Waals surface area contributed by atoms with E-state index >= 15 is 0 Å². The fourth-order valence-corrected chi connectivity index (χ4v) is 6.67. The van der Waals surface area contributed by atoms with Gasteiger partial charge in [-0.15, -0.1) is 0 Å². The highest BCUT2D eigenvalue weighted by Gasteiger charge is 2.54. The van der Waals surface area contributed by atoms with Crippen molar-refractivity contribution >= 4 is 44.5 Å². The number of benzene rings is 4. The number of phenols is 2. The molecule has 4 aromatic carbocycles. The van der Waals surface area contributed by atoms with Crippen LogP contribution in [0, 0.1) is 0 Å². The molecular formula is C33H28O9. The molecule has 2 aliphatic rings. The number of carbonyl (C=O) groups is 2. The van der Waals surface area contributed by atoms with Crippen LogP contribution in [0.15, 0.2) is 59.0 Å². The highest BCUT2D eigenvalue weighted by Crippen LogP contribution is 2.57. The number of ether oxygens (including phenoxy) is 3. The number of cyclic esters (lactones) is 1. The van der Waals surface area contributed by atoms with Gasteiger partial charge in [-0.2, -0.15) is 0 Å². The second-order valence-corrected chi connectivity index (χ2v) is 11.7. The van der Waals surface area contributed by atoms with Crippen LogP contribution in [-0.2, 0) is 15.1 Å². The zero-order valence-electron chi connectivity index (χ0n) is 23.3. The average molecular weight is 569 g/mol. The van der Waals surface area contributed by atoms with E-state index in [0.29, 0.717) is 49.6 Å². The van der Waals surface area contributed by atoms with E-state index in [1.807, 2.05) is 13.0 Å². The van der Waals surface area contributed by atoms with Crippen LogP contribution in [-0.4, -0.2) is 46.1 Å². The van der Waals surface area contributed by atoms with Crippen LogP contribution < -0.4 is 4.74 Å². The van der Waals surface area contributed by atoms with Crippen LogP contribution >= 0.6 is 0 Å². The van der Waals surface area contributed by atoms with Gasteiger partial charge in [0.25, 0.3) is 0 Å². The zero-order chi connectivity index (χ0) is 29.7. The summed E-state index contributed by atoms with van der Waals surface area (Å²) in [5.74, 6) is -1.72. The van der Waals surface area contributed by atoms with Crippen LogP contribution in [0.1, 0.15) is 65.1 Å². The van der Waals surface area contributed by atoms with Gasteiger partial charge in [0, 0.05) is 44.8 Å². The Morgan fingerprint density at radius 2 is 1.60 bits per heavy atom. The van der Waals surface area contributed by atoms with Crippen LogP contribution in [0.5, 0.6) is 17.2 Å². The average Bonchev–Trinajstić information content (AvgIpc) is 3.42. The third-order valence-electron chi connectivity index (χ3n) is 8.56. The number of phenolic OH excluding ortho intramolecular Hbond substituents is 2. The van der Waals surface area contributed by atoms with E-state index in [2.05, 4.69) is 0 Å². The van der Waals surface area contributed by atoms with E-state index in [1.54, 1.807) is 62.4 Å². The molecule has 0 bridgehead atoms. The standard InChI is InChI=1S/C33H28O9/c1-32(2,38)29-20-14-33(3,42-28-18-12-8-6-10-16(18)26(35)24(22(20)28)31(37)41-29)21-13-19-23(30(36)39-4)25(34)15-9-5-7-11-17(15)27(19)40-21/h5-13,20,29,34-35,38H,14H2,1-4H3/t20-,29-,33?/m1/s1. The van der Waals surface area contributed by atoms with Crippen LogP contribution in [0.4, 0.5) is 0 Å². The van der Waals surface area contributed by atoms with E-state index in [0.717, 1.165) is 0 Å². The van der Waals surface area contributed by atoms with Crippen LogP contribution in [0.2, 0.25) is 0 Å². The first-order valence-corrected chi connectivity index (χ1v) is 13.6. The van der Waals surface area contributed by atoms with Crippen molar-refractivity contribution in [1.29, 1.82) is 0 Å². The minimum absolute atomic E-state index is 0.0183. The molecule has 0 radical (unpaired) electrons. The largest absolute Gasteiger partial charge is 0.506 e. The molecule has 9 heteroatoms. The number of aromatic hydroxyl groups is 2. The summed E-state index contributed by atoms with van der Waals surface area (Å²) in [6.45, 7) is 4.97. The van der Waals surface area contributed by atoms with Crippen molar-refractivity contribution in [3.63, 3.8) is 0 Å². The van der Waals surface area contributed by atoms with Crippen molar-refractivity contribution in [1.82, 2.24) is 0 Å². The normalized spacial score (nSPS) is 21.7. The van der Waals surface area contributed by atoms with Gasteiger partial charge in [-0.25, -0.2) is 9.59 Å². The molecule has 0 aliphatic carbocycles. The maximum Gasteiger partial charge on any atom is 0.342 e. The first-order chi connectivity index (χ1) is 19.9. The molecule has 2 aliphatic heterocycles. The van der Waals surface area contributed by atoms with E-state index in [4.69, 9.17) is 18.6 Å². The SMILES string of the molecule is COC(=O)c1c(O)c2ccccc2c2oc(C3(C)C[C@@H]4c5c(c(O)c6ccccc6c5O3)C(=O)O[C@H]4C(C)(C)O)cc12. The van der Waals surface area contributed by atoms with E-state index < -0.39 is 35.2 Å². The van der Waals surface area contributed by atoms with Crippen molar-refractivity contribution in [3.8, 4) is 17.2 Å². The Labute approximate surface area is 239 Å². The molecule has 0 saturated heterocycles. The summed E-state index contributed by atoms with van der Waals surface area (Å²) in [6, 6.07) is 15.8. The van der Waals surface area contributed by atoms with Crippen LogP contribution in [0.25, 0.3) is 32.5 Å². The molecule has 1 unspecified atom stereocenters. The Bertz CT molecular complexity index is 1980. The first kappa shape index (κ1) is 26.2. The van der Waals surface area contributed by atoms with Gasteiger partial charge >= 0.3 is 11.9 Å². The lowest BCUT2D eigenvalue weighted by molar-refractivity contribution is -0.0979. The summed E-state index contributed by atoms with van der Waals surface area (Å²) in [7, 11) is 1.24. The topological polar surface area (TPSA) is 136 Å². The number of methoxy groups -OCH3 is 1. The monoisotopic (exact) mass is 568 g/mol. The Hall–Kier alpha value is -4.76. The predicted octanol–water partition coefficient (Wildman–Crippen LogP) is 6.03. The predicted molar refractivity (Wildman–Crippen MR) is 153 cm³/mol. The lowest BCUT2D eigenvalue weighted by Crippen LogP contribution is -2.51. The molecule has 9 nitrogen and oxygen atoms in total. The molecule has 7 rings (SSSR count). The number of esters is 2. The molecule has 214 valence electrons. The summed E-state index contributed by atoms with van der Waals surface area (Å²) in [5.41, 5.74) is -1.78. The molecule has 0 spiro atoms. The van der Waals surface area contributed by atoms with Crippen molar-refractivity contribution in [3.05, 3.63) is 77.0 Å². The minimum Gasteiger partial charge on any atom is -0.506 e. The summed E-state index contributed by atoms with van der Waals surface area (Å²) in [5, 5.41) is 35.8. The molecule has 3 N–H and O–H groups in total. The molecule has 3 atom stereocenters. The Morgan fingerprint density at radius 1 is 0.976 bits per heavy atom. The number of hydrogen-bond acceptors (Lipinski definition) is 9. The van der Waals surface area contributed by atoms with Gasteiger partial charge in [0.1, 0.15) is 45.8 Å². The Kier molecular flexibility index (Phi) is 5.37. The third kappa shape index (κ3) is 3.46. The molecule has 42 heavy (non-hydrogen) atoms. The molecule has 0 amide bonds. The number of carbonyl (C=O) groups excluding carboxylic acids is 2. The number of hydrogen-bond donors (Lipinski definition) is 3. The van der Waals surface area contributed by atoms with Gasteiger partial charge in [-0.3, -0.25) is 0 Å². The summed E-state index contributed by atoms with van der Waals surface area (Å²) >= 11 is 0. The second-order valence-electron chi connectivity index (χ2n) is 11.7. The maximum absolute atomic E-state index is 13.2. The third-order valence-corrected chi connectivity index (χ3v) is 8.56. The van der Waals surface area contributed by atoms with Gasteiger partial charge < -0.3 is 33.9 Å². The van der Waals surface area contributed by atoms with Crippen molar-refractivity contribution in [2.45, 2.75) is 50.4 Å². The minimum atomic E-state index is -1.43. The lowest BCUT2D eigenvalue weighted by atomic mass is 9.71. The van der Waals surface area contributed by atoms with Crippen molar-refractivity contribution in [2.24, 2.45) is 0 Å². The first-order valence-electron chi connectivity index (χ1n) is 13.6. The fraction of sp³-hybridized carbons (Fsp3) is 0.273. The van der Waals surface area contributed by atoms with Gasteiger partial charge in [0.05, 0.1) is 12.7 Å². The van der Waals surface area contributed by atoms with E-state index in [9.17, 15) is 24.9 Å². The van der Waals surface area contributed by atoms with Gasteiger partial charge in [-0.1, -0.05) is 48.5 Å². The number of fused-ring (bicyclic) bond motifs is 5. The van der Waals surface area contributed by atoms with E-state index in [-0.39, 0.29) is 29.0 Å². The molecular weight excluding hydrogens is 540 g/mol.